The number of pyridine rings is 1. The molecule has 1 saturated heterocycles. The lowest BCUT2D eigenvalue weighted by Crippen LogP contribution is -2.34. The number of rotatable bonds is 3. The molecule has 1 amide bonds. The first-order valence-electron chi connectivity index (χ1n) is 8.38. The van der Waals surface area contributed by atoms with E-state index in [4.69, 9.17) is 4.74 Å². The van der Waals surface area contributed by atoms with Gasteiger partial charge in [0.25, 0.3) is 0 Å². The van der Waals surface area contributed by atoms with Gasteiger partial charge in [0.2, 0.25) is 0 Å². The van der Waals surface area contributed by atoms with Crippen LogP contribution in [0.3, 0.4) is 0 Å². The van der Waals surface area contributed by atoms with Gasteiger partial charge in [0.1, 0.15) is 6.10 Å². The molecular weight excluding hydrogens is 334 g/mol. The van der Waals surface area contributed by atoms with E-state index in [1.54, 1.807) is 17.3 Å². The van der Waals surface area contributed by atoms with Crippen LogP contribution >= 0.6 is 0 Å². The number of anilines is 1. The zero-order valence-electron chi connectivity index (χ0n) is 13.7. The van der Waals surface area contributed by atoms with Gasteiger partial charge in [-0.15, -0.1) is 5.10 Å². The minimum absolute atomic E-state index is 0.134. The van der Waals surface area contributed by atoms with Crippen molar-refractivity contribution in [1.82, 2.24) is 4.98 Å². The normalized spacial score (nSPS) is 25.5. The summed E-state index contributed by atoms with van der Waals surface area (Å²) in [6.07, 6.45) is 3.27. The molecule has 26 heavy (non-hydrogen) atoms. The number of carbonyl (C=O) groups is 1. The van der Waals surface area contributed by atoms with E-state index in [2.05, 4.69) is 26.5 Å². The van der Waals surface area contributed by atoms with Gasteiger partial charge in [-0.05, 0) is 41.0 Å². The molecule has 5 rings (SSSR count). The monoisotopic (exact) mass is 349 g/mol. The van der Waals surface area contributed by atoms with Crippen molar-refractivity contribution in [2.24, 2.45) is 15.4 Å². The molecule has 0 radical (unpaired) electrons. The molecule has 1 N–H and O–H groups in total. The Hall–Kier alpha value is -3.13. The van der Waals surface area contributed by atoms with E-state index in [0.717, 1.165) is 28.1 Å². The minimum Gasteiger partial charge on any atom is -0.441 e. The van der Waals surface area contributed by atoms with Crippen LogP contribution in [0, 0.1) is 0 Å². The van der Waals surface area contributed by atoms with Crippen molar-refractivity contribution in [3.63, 3.8) is 0 Å². The van der Waals surface area contributed by atoms with Crippen LogP contribution in [-0.2, 0) is 11.2 Å². The summed E-state index contributed by atoms with van der Waals surface area (Å²) in [6.45, 7) is -0.166. The lowest BCUT2D eigenvalue weighted by molar-refractivity contribution is 0.0830. The fraction of sp³-hybridized carbons (Fsp3) is 0.278. The zero-order valence-corrected chi connectivity index (χ0v) is 13.7. The number of aromatic nitrogens is 1. The van der Waals surface area contributed by atoms with Crippen molar-refractivity contribution in [1.29, 1.82) is 0 Å². The number of amides is 1. The quantitative estimate of drug-likeness (QED) is 0.920. The third kappa shape index (κ3) is 2.22. The molecule has 1 aromatic carbocycles. The Morgan fingerprint density at radius 1 is 1.23 bits per heavy atom. The predicted octanol–water partition coefficient (Wildman–Crippen LogP) is 2.48. The van der Waals surface area contributed by atoms with Crippen LogP contribution in [0.1, 0.15) is 17.3 Å². The first-order chi connectivity index (χ1) is 12.7. The summed E-state index contributed by atoms with van der Waals surface area (Å²) in [7, 11) is 0. The Morgan fingerprint density at radius 2 is 2.12 bits per heavy atom. The summed E-state index contributed by atoms with van der Waals surface area (Å²) < 4.78 is 5.21. The highest BCUT2D eigenvalue weighted by atomic mass is 16.6. The Bertz CT molecular complexity index is 928. The molecule has 1 unspecified atom stereocenters. The van der Waals surface area contributed by atoms with Crippen molar-refractivity contribution in [2.45, 2.75) is 24.6 Å². The molecule has 1 aromatic heterocycles. The molecule has 4 heterocycles. The molecule has 8 heteroatoms. The Kier molecular flexibility index (Phi) is 3.32. The Labute approximate surface area is 148 Å². The lowest BCUT2D eigenvalue weighted by Gasteiger charge is -2.14. The Balaban J connectivity index is 1.44. The highest BCUT2D eigenvalue weighted by molar-refractivity contribution is 5.94. The van der Waals surface area contributed by atoms with E-state index in [0.29, 0.717) is 6.42 Å². The van der Waals surface area contributed by atoms with E-state index >= 15 is 0 Å². The van der Waals surface area contributed by atoms with Gasteiger partial charge in [-0.25, -0.2) is 4.79 Å². The lowest BCUT2D eigenvalue weighted by atomic mass is 10.0. The summed E-state index contributed by atoms with van der Waals surface area (Å²) in [5.74, 6) is 0. The number of ether oxygens (including phenoxy) is 1. The SMILES string of the molecule is O=C1O[C@@H](CO)[C@@H]2Cc3cc(-c4ccc(C5C=NN=N5)nc4)ccc3N12. The first-order valence-corrected chi connectivity index (χ1v) is 8.38. The molecule has 1 fully saturated rings. The van der Waals surface area contributed by atoms with Gasteiger partial charge in [-0.3, -0.25) is 9.88 Å². The Morgan fingerprint density at radius 3 is 2.85 bits per heavy atom. The number of cyclic esters (lactones) is 1. The van der Waals surface area contributed by atoms with Crippen LogP contribution in [0.15, 0.2) is 52.0 Å². The number of hydrogen-bond acceptors (Lipinski definition) is 7. The van der Waals surface area contributed by atoms with E-state index in [-0.39, 0.29) is 24.8 Å². The van der Waals surface area contributed by atoms with Gasteiger partial charge in [0.15, 0.2) is 6.04 Å². The average molecular weight is 349 g/mol. The number of benzene rings is 1. The fourth-order valence-electron chi connectivity index (χ4n) is 3.71. The summed E-state index contributed by atoms with van der Waals surface area (Å²) >= 11 is 0. The molecule has 3 aliphatic heterocycles. The number of nitrogens with zero attached hydrogens (tertiary/aromatic N) is 5. The molecule has 2 aromatic rings. The van der Waals surface area contributed by atoms with E-state index in [1.165, 1.54) is 0 Å². The van der Waals surface area contributed by atoms with Crippen LogP contribution in [0.25, 0.3) is 11.1 Å². The molecule has 130 valence electrons. The van der Waals surface area contributed by atoms with Gasteiger partial charge in [0, 0.05) is 11.8 Å². The van der Waals surface area contributed by atoms with E-state index < -0.39 is 6.10 Å². The number of carbonyl (C=O) groups excluding carboxylic acids is 1. The second kappa shape index (κ2) is 5.70. The summed E-state index contributed by atoms with van der Waals surface area (Å²) in [5.41, 5.74) is 4.74. The number of hydrogen-bond donors (Lipinski definition) is 1. The molecular formula is C18H15N5O3. The van der Waals surface area contributed by atoms with Crippen LogP contribution in [0.4, 0.5) is 10.5 Å². The van der Waals surface area contributed by atoms with Gasteiger partial charge >= 0.3 is 6.09 Å². The van der Waals surface area contributed by atoms with Gasteiger partial charge < -0.3 is 9.84 Å². The van der Waals surface area contributed by atoms with Gasteiger partial charge in [-0.2, -0.15) is 5.11 Å². The second-order valence-corrected chi connectivity index (χ2v) is 6.48. The molecule has 0 spiro atoms. The molecule has 8 nitrogen and oxygen atoms in total. The zero-order chi connectivity index (χ0) is 17.7. The number of aliphatic hydroxyl groups is 1. The standard InChI is InChI=1S/C18H15N5O3/c24-9-17-16-6-12-5-10(2-4-15(12)23(16)18(25)26-17)11-1-3-13(19-7-11)14-8-20-22-21-14/h1-5,7-8,14,16-17,24H,6,9H2/t14?,16-,17-/m0/s1. The molecule has 0 saturated carbocycles. The van der Waals surface area contributed by atoms with Crippen molar-refractivity contribution in [2.75, 3.05) is 11.5 Å². The molecule has 0 aliphatic carbocycles. The van der Waals surface area contributed by atoms with Crippen LogP contribution in [-0.4, -0.2) is 41.2 Å². The summed E-state index contributed by atoms with van der Waals surface area (Å²) in [4.78, 5) is 18.2. The van der Waals surface area contributed by atoms with Gasteiger partial charge in [-0.1, -0.05) is 12.1 Å². The van der Waals surface area contributed by atoms with Crippen LogP contribution in [0.5, 0.6) is 0 Å². The van der Waals surface area contributed by atoms with Crippen LogP contribution < -0.4 is 4.90 Å². The van der Waals surface area contributed by atoms with Crippen LogP contribution in [0.2, 0.25) is 0 Å². The third-order valence-electron chi connectivity index (χ3n) is 5.02. The molecule has 3 aliphatic rings. The van der Waals surface area contributed by atoms with Crippen molar-refractivity contribution in [3.05, 3.63) is 47.8 Å². The summed E-state index contributed by atoms with van der Waals surface area (Å²) in [5, 5.41) is 20.7. The van der Waals surface area contributed by atoms with Crippen molar-refractivity contribution < 1.29 is 14.6 Å². The maximum absolute atomic E-state index is 12.1. The highest BCUT2D eigenvalue weighted by Crippen LogP contribution is 2.40. The molecule has 3 atom stereocenters. The maximum Gasteiger partial charge on any atom is 0.415 e. The first kappa shape index (κ1) is 15.2. The summed E-state index contributed by atoms with van der Waals surface area (Å²) in [6, 6.07) is 9.53. The van der Waals surface area contributed by atoms with Crippen molar-refractivity contribution in [3.8, 4) is 11.1 Å². The largest absolute Gasteiger partial charge is 0.441 e. The van der Waals surface area contributed by atoms with E-state index in [1.807, 2.05) is 24.3 Å². The second-order valence-electron chi connectivity index (χ2n) is 6.48. The fourth-order valence-corrected chi connectivity index (χ4v) is 3.71. The topological polar surface area (TPSA) is 99.7 Å². The van der Waals surface area contributed by atoms with E-state index in [9.17, 15) is 9.90 Å². The highest BCUT2D eigenvalue weighted by Gasteiger charge is 2.47. The maximum atomic E-state index is 12.1. The third-order valence-corrected chi connectivity index (χ3v) is 5.02. The molecule has 0 bridgehead atoms. The predicted molar refractivity (Wildman–Crippen MR) is 93.1 cm³/mol. The van der Waals surface area contributed by atoms with Gasteiger partial charge in [0.05, 0.1) is 30.2 Å². The van der Waals surface area contributed by atoms with Crippen molar-refractivity contribution >= 4 is 18.0 Å². The number of aliphatic hydroxyl groups excluding tert-OH is 1. The minimum atomic E-state index is -0.471. The smallest absolute Gasteiger partial charge is 0.415 e. The average Bonchev–Trinajstić information content (AvgIpc) is 3.38. The number of fused-ring (bicyclic) bond motifs is 3.